The summed E-state index contributed by atoms with van der Waals surface area (Å²) in [5.41, 5.74) is 4.63. The summed E-state index contributed by atoms with van der Waals surface area (Å²) in [4.78, 5) is 27.6. The molecule has 1 atom stereocenters. The van der Waals surface area contributed by atoms with Gasteiger partial charge >= 0.3 is 5.97 Å². The molecule has 6 nitrogen and oxygen atoms in total. The molecular formula is C28H35N3O3S. The van der Waals surface area contributed by atoms with Crippen molar-refractivity contribution in [2.24, 2.45) is 0 Å². The van der Waals surface area contributed by atoms with Gasteiger partial charge in [-0.3, -0.25) is 4.79 Å². The SMILES string of the molecule is CCN1C(=S)NC(c2ccc(NC(=O)c3ccc(C(C)(C)C)cc3)cc2)C(C(=O)OC(C)C)=C1C. The van der Waals surface area contributed by atoms with Crippen LogP contribution in [0.1, 0.15) is 76.0 Å². The summed E-state index contributed by atoms with van der Waals surface area (Å²) < 4.78 is 5.53. The van der Waals surface area contributed by atoms with Crippen molar-refractivity contribution >= 4 is 34.9 Å². The lowest BCUT2D eigenvalue weighted by Gasteiger charge is -2.37. The van der Waals surface area contributed by atoms with Gasteiger partial charge in [-0.15, -0.1) is 0 Å². The van der Waals surface area contributed by atoms with Crippen LogP contribution in [0.4, 0.5) is 5.69 Å². The van der Waals surface area contributed by atoms with E-state index in [-0.39, 0.29) is 23.4 Å². The Morgan fingerprint density at radius 1 is 1.09 bits per heavy atom. The zero-order valence-corrected chi connectivity index (χ0v) is 22.4. The quantitative estimate of drug-likeness (QED) is 0.397. The maximum Gasteiger partial charge on any atom is 0.338 e. The van der Waals surface area contributed by atoms with Crippen molar-refractivity contribution in [2.75, 3.05) is 11.9 Å². The summed E-state index contributed by atoms with van der Waals surface area (Å²) in [6.45, 7) is 14.6. The Labute approximate surface area is 213 Å². The number of carbonyl (C=O) groups is 2. The van der Waals surface area contributed by atoms with Crippen LogP contribution in [0.3, 0.4) is 0 Å². The summed E-state index contributed by atoms with van der Waals surface area (Å²) in [6.07, 6.45) is -0.234. The lowest BCUT2D eigenvalue weighted by atomic mass is 9.87. The van der Waals surface area contributed by atoms with Crippen LogP contribution in [0, 0.1) is 0 Å². The van der Waals surface area contributed by atoms with E-state index in [4.69, 9.17) is 17.0 Å². The summed E-state index contributed by atoms with van der Waals surface area (Å²) >= 11 is 5.55. The molecule has 0 fully saturated rings. The summed E-state index contributed by atoms with van der Waals surface area (Å²) in [6, 6.07) is 14.7. The minimum absolute atomic E-state index is 0.0295. The molecule has 0 aliphatic carbocycles. The fraction of sp³-hybridized carbons (Fsp3) is 0.393. The molecule has 1 aliphatic heterocycles. The van der Waals surface area contributed by atoms with Gasteiger partial charge in [0.25, 0.3) is 5.91 Å². The van der Waals surface area contributed by atoms with E-state index in [9.17, 15) is 9.59 Å². The van der Waals surface area contributed by atoms with Gasteiger partial charge in [-0.25, -0.2) is 4.79 Å². The maximum atomic E-state index is 13.0. The van der Waals surface area contributed by atoms with Crippen molar-refractivity contribution in [1.82, 2.24) is 10.2 Å². The van der Waals surface area contributed by atoms with Crippen molar-refractivity contribution < 1.29 is 14.3 Å². The normalized spacial score (nSPS) is 16.3. The highest BCUT2D eigenvalue weighted by molar-refractivity contribution is 7.80. The Balaban J connectivity index is 1.82. The Morgan fingerprint density at radius 2 is 1.69 bits per heavy atom. The van der Waals surface area contributed by atoms with Crippen molar-refractivity contribution in [2.45, 2.75) is 66.0 Å². The number of esters is 1. The topological polar surface area (TPSA) is 70.7 Å². The van der Waals surface area contributed by atoms with Gasteiger partial charge in [0.05, 0.1) is 17.7 Å². The van der Waals surface area contributed by atoms with Gasteiger partial charge < -0.3 is 20.3 Å². The van der Waals surface area contributed by atoms with Gasteiger partial charge in [-0.05, 0) is 80.7 Å². The number of anilines is 1. The fourth-order valence-corrected chi connectivity index (χ4v) is 4.42. The van der Waals surface area contributed by atoms with E-state index < -0.39 is 6.04 Å². The molecule has 2 N–H and O–H groups in total. The Morgan fingerprint density at radius 3 is 2.20 bits per heavy atom. The molecule has 0 aromatic heterocycles. The second-order valence-corrected chi connectivity index (χ2v) is 10.4. The average Bonchev–Trinajstić information content (AvgIpc) is 2.78. The van der Waals surface area contributed by atoms with Crippen LogP contribution < -0.4 is 10.6 Å². The third-order valence-corrected chi connectivity index (χ3v) is 6.33. The standard InChI is InChI=1S/C28H35N3O3S/c1-8-31-18(4)23(26(33)34-17(2)3)24(30-27(31)35)19-11-15-22(16-12-19)29-25(32)20-9-13-21(14-10-20)28(5,6)7/h9-17,24H,8H2,1-7H3,(H,29,32)(H,30,35). The number of carbonyl (C=O) groups excluding carboxylic acids is 2. The first-order valence-electron chi connectivity index (χ1n) is 11.9. The molecule has 35 heavy (non-hydrogen) atoms. The molecule has 7 heteroatoms. The first-order valence-corrected chi connectivity index (χ1v) is 12.3. The van der Waals surface area contributed by atoms with E-state index in [1.807, 2.05) is 81.1 Å². The third-order valence-electron chi connectivity index (χ3n) is 5.99. The lowest BCUT2D eigenvalue weighted by molar-refractivity contribution is -0.143. The molecule has 186 valence electrons. The number of allylic oxidation sites excluding steroid dienone is 1. The van der Waals surface area contributed by atoms with E-state index in [2.05, 4.69) is 31.4 Å². The highest BCUT2D eigenvalue weighted by atomic mass is 32.1. The minimum atomic E-state index is -0.439. The zero-order valence-electron chi connectivity index (χ0n) is 21.6. The van der Waals surface area contributed by atoms with Gasteiger partial charge in [0.2, 0.25) is 0 Å². The van der Waals surface area contributed by atoms with E-state index in [1.54, 1.807) is 0 Å². The first-order chi connectivity index (χ1) is 16.4. The summed E-state index contributed by atoms with van der Waals surface area (Å²) in [5, 5.41) is 6.79. The zero-order chi connectivity index (χ0) is 25.9. The molecule has 1 aliphatic rings. The Kier molecular flexibility index (Phi) is 8.00. The molecular weight excluding hydrogens is 458 g/mol. The lowest BCUT2D eigenvalue weighted by Crippen LogP contribution is -2.47. The third kappa shape index (κ3) is 6.09. The number of hydrogen-bond donors (Lipinski definition) is 2. The van der Waals surface area contributed by atoms with E-state index in [0.29, 0.717) is 28.5 Å². The van der Waals surface area contributed by atoms with E-state index in [1.165, 1.54) is 5.56 Å². The predicted octanol–water partition coefficient (Wildman–Crippen LogP) is 5.71. The van der Waals surface area contributed by atoms with Gasteiger partial charge in [0.1, 0.15) is 0 Å². The molecule has 1 unspecified atom stereocenters. The number of hydrogen-bond acceptors (Lipinski definition) is 4. The highest BCUT2D eigenvalue weighted by Gasteiger charge is 2.34. The second-order valence-electron chi connectivity index (χ2n) is 9.98. The Hall–Kier alpha value is -3.19. The van der Waals surface area contributed by atoms with Crippen LogP contribution in [-0.4, -0.2) is 34.5 Å². The van der Waals surface area contributed by atoms with Crippen molar-refractivity contribution in [3.63, 3.8) is 0 Å². The number of nitrogens with zero attached hydrogens (tertiary/aromatic N) is 1. The summed E-state index contributed by atoms with van der Waals surface area (Å²) in [5.74, 6) is -0.544. The summed E-state index contributed by atoms with van der Waals surface area (Å²) in [7, 11) is 0. The van der Waals surface area contributed by atoms with Crippen molar-refractivity contribution in [3.8, 4) is 0 Å². The molecule has 2 aromatic rings. The van der Waals surface area contributed by atoms with Crippen LogP contribution >= 0.6 is 12.2 Å². The van der Waals surface area contributed by atoms with E-state index >= 15 is 0 Å². The minimum Gasteiger partial charge on any atom is -0.459 e. The van der Waals surface area contributed by atoms with Crippen molar-refractivity contribution in [3.05, 3.63) is 76.5 Å². The molecule has 2 aromatic carbocycles. The molecule has 0 saturated carbocycles. The molecule has 1 heterocycles. The maximum absolute atomic E-state index is 13.0. The fourth-order valence-electron chi connectivity index (χ4n) is 4.04. The average molecular weight is 494 g/mol. The predicted molar refractivity (Wildman–Crippen MR) is 144 cm³/mol. The van der Waals surface area contributed by atoms with Crippen LogP contribution in [0.25, 0.3) is 0 Å². The molecule has 0 bridgehead atoms. The van der Waals surface area contributed by atoms with Crippen LogP contribution in [0.2, 0.25) is 0 Å². The smallest absolute Gasteiger partial charge is 0.338 e. The second kappa shape index (κ2) is 10.6. The van der Waals surface area contributed by atoms with Gasteiger partial charge in [0.15, 0.2) is 5.11 Å². The molecule has 3 rings (SSSR count). The highest BCUT2D eigenvalue weighted by Crippen LogP contribution is 2.32. The molecule has 1 amide bonds. The molecule has 0 saturated heterocycles. The van der Waals surface area contributed by atoms with Crippen LogP contribution in [-0.2, 0) is 14.9 Å². The molecule has 0 radical (unpaired) electrons. The van der Waals surface area contributed by atoms with Crippen molar-refractivity contribution in [1.29, 1.82) is 0 Å². The largest absolute Gasteiger partial charge is 0.459 e. The number of nitrogens with one attached hydrogen (secondary N) is 2. The number of amides is 1. The first kappa shape index (κ1) is 26.4. The number of rotatable bonds is 6. The Bertz CT molecular complexity index is 1130. The monoisotopic (exact) mass is 493 g/mol. The van der Waals surface area contributed by atoms with E-state index in [0.717, 1.165) is 11.3 Å². The number of ether oxygens (including phenoxy) is 1. The number of thiocarbonyl (C=S) groups is 1. The van der Waals surface area contributed by atoms with Gasteiger partial charge in [-0.1, -0.05) is 45.0 Å². The molecule has 0 spiro atoms. The van der Waals surface area contributed by atoms with Gasteiger partial charge in [0, 0.05) is 23.5 Å². The van der Waals surface area contributed by atoms with Crippen LogP contribution in [0.15, 0.2) is 59.8 Å². The van der Waals surface area contributed by atoms with Crippen LogP contribution in [0.5, 0.6) is 0 Å². The number of benzene rings is 2. The van der Waals surface area contributed by atoms with Gasteiger partial charge in [-0.2, -0.15) is 0 Å².